The number of aliphatic carboxylic acids is 1. The van der Waals surface area contributed by atoms with E-state index in [2.05, 4.69) is 17.4 Å². The first-order valence-corrected chi connectivity index (χ1v) is 8.88. The fourth-order valence-corrected chi connectivity index (χ4v) is 3.03. The van der Waals surface area contributed by atoms with E-state index in [9.17, 15) is 9.59 Å². The van der Waals surface area contributed by atoms with Crippen LogP contribution in [0.15, 0.2) is 59.5 Å². The molecule has 0 aliphatic heterocycles. The van der Waals surface area contributed by atoms with Gasteiger partial charge in [0, 0.05) is 36.3 Å². The van der Waals surface area contributed by atoms with Gasteiger partial charge in [-0.15, -0.1) is 11.8 Å². The lowest BCUT2D eigenvalue weighted by Crippen LogP contribution is -2.41. The number of carbonyl (C=O) groups excluding carboxylic acids is 1. The van der Waals surface area contributed by atoms with E-state index >= 15 is 0 Å². The maximum atomic E-state index is 12.2. The summed E-state index contributed by atoms with van der Waals surface area (Å²) in [5.74, 6) is -0.617. The summed E-state index contributed by atoms with van der Waals surface area (Å²) in [6.45, 7) is 0.270. The zero-order valence-electron chi connectivity index (χ0n) is 14.0. The van der Waals surface area contributed by atoms with Crippen molar-refractivity contribution < 1.29 is 19.4 Å². The van der Waals surface area contributed by atoms with Crippen molar-refractivity contribution in [2.45, 2.75) is 23.1 Å². The largest absolute Gasteiger partial charge is 0.480 e. The molecule has 2 N–H and O–H groups in total. The number of hydrogen-bond acceptors (Lipinski definition) is 4. The number of carboxylic acids is 1. The third kappa shape index (κ3) is 6.25. The first kappa shape index (κ1) is 19.0. The van der Waals surface area contributed by atoms with Crippen LogP contribution in [0.5, 0.6) is 0 Å². The molecule has 6 heteroatoms. The molecule has 0 bridgehead atoms. The Morgan fingerprint density at radius 1 is 1.12 bits per heavy atom. The zero-order chi connectivity index (χ0) is 18.1. The van der Waals surface area contributed by atoms with E-state index in [-0.39, 0.29) is 13.0 Å². The summed E-state index contributed by atoms with van der Waals surface area (Å²) >= 11 is 1.68. The van der Waals surface area contributed by atoms with Gasteiger partial charge in [0.1, 0.15) is 6.04 Å². The van der Waals surface area contributed by atoms with E-state index in [0.717, 1.165) is 10.6 Å². The molecule has 0 spiro atoms. The van der Waals surface area contributed by atoms with E-state index in [1.165, 1.54) is 12.7 Å². The number of nitrogens with one attached hydrogen (secondary N) is 1. The highest BCUT2D eigenvalue weighted by Gasteiger charge is 2.20. The summed E-state index contributed by atoms with van der Waals surface area (Å²) in [6.07, 6.45) is 0.225. The standard InChI is InChI=1S/C19H21NO4S/c1-24-12-11-17(19(22)23)20-18(21)15-7-9-16(10-8-15)25-13-14-5-3-2-4-6-14/h2-10,17H,11-13H2,1H3,(H,20,21)(H,22,23). The second kappa shape index (κ2) is 9.86. The molecule has 5 nitrogen and oxygen atoms in total. The smallest absolute Gasteiger partial charge is 0.326 e. The molecule has 1 amide bonds. The van der Waals surface area contributed by atoms with Gasteiger partial charge >= 0.3 is 5.97 Å². The minimum atomic E-state index is -1.07. The van der Waals surface area contributed by atoms with Crippen LogP contribution in [0.25, 0.3) is 0 Å². The average molecular weight is 359 g/mol. The van der Waals surface area contributed by atoms with Crippen LogP contribution in [0.1, 0.15) is 22.3 Å². The van der Waals surface area contributed by atoms with Gasteiger partial charge in [0.05, 0.1) is 0 Å². The van der Waals surface area contributed by atoms with Gasteiger partial charge in [0.15, 0.2) is 0 Å². The number of carbonyl (C=O) groups is 2. The number of thioether (sulfide) groups is 1. The summed E-state index contributed by atoms with van der Waals surface area (Å²) in [5.41, 5.74) is 1.67. The molecule has 2 aromatic carbocycles. The lowest BCUT2D eigenvalue weighted by Gasteiger charge is -2.14. The number of rotatable bonds is 9. The van der Waals surface area contributed by atoms with Gasteiger partial charge < -0.3 is 15.2 Å². The van der Waals surface area contributed by atoms with E-state index in [0.29, 0.717) is 5.56 Å². The Labute approximate surface area is 151 Å². The van der Waals surface area contributed by atoms with Crippen molar-refractivity contribution >= 4 is 23.6 Å². The topological polar surface area (TPSA) is 75.6 Å². The monoisotopic (exact) mass is 359 g/mol. The van der Waals surface area contributed by atoms with Crippen LogP contribution in [0.2, 0.25) is 0 Å². The predicted octanol–water partition coefficient (Wildman–Crippen LogP) is 3.20. The second-order valence-electron chi connectivity index (χ2n) is 5.44. The highest BCUT2D eigenvalue weighted by molar-refractivity contribution is 7.98. The van der Waals surface area contributed by atoms with E-state index < -0.39 is 17.9 Å². The third-order valence-electron chi connectivity index (χ3n) is 3.58. The summed E-state index contributed by atoms with van der Waals surface area (Å²) in [7, 11) is 1.49. The Kier molecular flexibility index (Phi) is 7.50. The van der Waals surface area contributed by atoms with Crippen molar-refractivity contribution in [1.82, 2.24) is 5.32 Å². The molecule has 0 aromatic heterocycles. The van der Waals surface area contributed by atoms with Crippen molar-refractivity contribution in [2.75, 3.05) is 13.7 Å². The second-order valence-corrected chi connectivity index (χ2v) is 6.49. The first-order chi connectivity index (χ1) is 12.1. The van der Waals surface area contributed by atoms with Crippen LogP contribution in [-0.4, -0.2) is 36.7 Å². The molecule has 0 fully saturated rings. The molecular weight excluding hydrogens is 338 g/mol. The summed E-state index contributed by atoms with van der Waals surface area (Å²) in [5, 5.41) is 11.7. The fourth-order valence-electron chi connectivity index (χ4n) is 2.18. The Hall–Kier alpha value is -2.31. The Morgan fingerprint density at radius 2 is 1.80 bits per heavy atom. The number of amides is 1. The molecule has 0 saturated carbocycles. The molecule has 0 aliphatic rings. The van der Waals surface area contributed by atoms with Gasteiger partial charge in [-0.3, -0.25) is 4.79 Å². The molecule has 1 atom stereocenters. The summed E-state index contributed by atoms with van der Waals surface area (Å²) in [6, 6.07) is 16.3. The van der Waals surface area contributed by atoms with Crippen molar-refractivity contribution in [3.05, 3.63) is 65.7 Å². The highest BCUT2D eigenvalue weighted by atomic mass is 32.2. The van der Waals surface area contributed by atoms with Crippen LogP contribution in [0.4, 0.5) is 0 Å². The quantitative estimate of drug-likeness (QED) is 0.673. The number of hydrogen-bond donors (Lipinski definition) is 2. The molecular formula is C19H21NO4S. The normalized spacial score (nSPS) is 11.7. The minimum Gasteiger partial charge on any atom is -0.480 e. The van der Waals surface area contributed by atoms with Gasteiger partial charge in [0.2, 0.25) is 0 Å². The zero-order valence-corrected chi connectivity index (χ0v) is 14.8. The molecule has 0 radical (unpaired) electrons. The SMILES string of the molecule is COCCC(NC(=O)c1ccc(SCc2ccccc2)cc1)C(=O)O. The number of methoxy groups -OCH3 is 1. The predicted molar refractivity (Wildman–Crippen MR) is 97.8 cm³/mol. The van der Waals surface area contributed by atoms with Gasteiger partial charge in [-0.2, -0.15) is 0 Å². The molecule has 2 rings (SSSR count). The number of carboxylic acid groups (broad SMARTS) is 1. The Balaban J connectivity index is 1.91. The Bertz CT molecular complexity index is 688. The molecule has 2 aromatic rings. The van der Waals surface area contributed by atoms with E-state index in [1.54, 1.807) is 23.9 Å². The van der Waals surface area contributed by atoms with Crippen molar-refractivity contribution in [3.63, 3.8) is 0 Å². The van der Waals surface area contributed by atoms with Crippen LogP contribution < -0.4 is 5.32 Å². The lowest BCUT2D eigenvalue weighted by atomic mass is 10.1. The summed E-state index contributed by atoms with van der Waals surface area (Å²) < 4.78 is 4.87. The third-order valence-corrected chi connectivity index (χ3v) is 4.66. The fraction of sp³-hybridized carbons (Fsp3) is 0.263. The van der Waals surface area contributed by atoms with Gasteiger partial charge in [-0.25, -0.2) is 4.79 Å². The molecule has 0 heterocycles. The maximum absolute atomic E-state index is 12.2. The molecule has 0 aliphatic carbocycles. The maximum Gasteiger partial charge on any atom is 0.326 e. The number of ether oxygens (including phenoxy) is 1. The van der Waals surface area contributed by atoms with E-state index in [4.69, 9.17) is 9.84 Å². The van der Waals surface area contributed by atoms with Crippen molar-refractivity contribution in [1.29, 1.82) is 0 Å². The van der Waals surface area contributed by atoms with Crippen molar-refractivity contribution in [3.8, 4) is 0 Å². The van der Waals surface area contributed by atoms with Crippen LogP contribution >= 0.6 is 11.8 Å². The summed E-state index contributed by atoms with van der Waals surface area (Å²) in [4.78, 5) is 24.4. The van der Waals surface area contributed by atoms with Crippen LogP contribution in [0, 0.1) is 0 Å². The molecule has 0 saturated heterocycles. The van der Waals surface area contributed by atoms with Gasteiger partial charge in [-0.05, 0) is 29.8 Å². The Morgan fingerprint density at radius 3 is 2.40 bits per heavy atom. The average Bonchev–Trinajstić information content (AvgIpc) is 2.64. The van der Waals surface area contributed by atoms with Gasteiger partial charge in [-0.1, -0.05) is 30.3 Å². The van der Waals surface area contributed by atoms with Crippen LogP contribution in [-0.2, 0) is 15.3 Å². The molecule has 132 valence electrons. The minimum absolute atomic E-state index is 0.225. The van der Waals surface area contributed by atoms with Crippen molar-refractivity contribution in [2.24, 2.45) is 0 Å². The molecule has 25 heavy (non-hydrogen) atoms. The van der Waals surface area contributed by atoms with Crippen LogP contribution in [0.3, 0.4) is 0 Å². The molecule has 1 unspecified atom stereocenters. The first-order valence-electron chi connectivity index (χ1n) is 7.89. The lowest BCUT2D eigenvalue weighted by molar-refractivity contribution is -0.139. The van der Waals surface area contributed by atoms with E-state index in [1.807, 2.05) is 30.3 Å². The van der Waals surface area contributed by atoms with Gasteiger partial charge in [0.25, 0.3) is 5.91 Å². The highest BCUT2D eigenvalue weighted by Crippen LogP contribution is 2.23. The number of benzene rings is 2.